The standard InChI is InChI=1S/C20H40.C2H6O2/c1-3-5-7-9-11-13-15-17-19-20-18-16-14-12-10-8-6-4-2;3-1-2-4/h3H,1,4-20H2,2H3;3-4H,1-2H2. The number of aliphatic hydroxyl groups is 2. The van der Waals surface area contributed by atoms with E-state index in [1.54, 1.807) is 0 Å². The predicted molar refractivity (Wildman–Crippen MR) is 109 cm³/mol. The van der Waals surface area contributed by atoms with E-state index in [9.17, 15) is 0 Å². The Bertz CT molecular complexity index is 202. The Morgan fingerprint density at radius 3 is 1.08 bits per heavy atom. The molecule has 0 aliphatic heterocycles. The quantitative estimate of drug-likeness (QED) is 0.212. The summed E-state index contributed by atoms with van der Waals surface area (Å²) in [5.74, 6) is 0. The van der Waals surface area contributed by atoms with Crippen molar-refractivity contribution in [3.8, 4) is 0 Å². The van der Waals surface area contributed by atoms with Gasteiger partial charge in [-0.15, -0.1) is 6.58 Å². The van der Waals surface area contributed by atoms with Crippen molar-refractivity contribution >= 4 is 0 Å². The zero-order valence-corrected chi connectivity index (χ0v) is 16.6. The molecule has 0 saturated heterocycles. The van der Waals surface area contributed by atoms with Crippen LogP contribution in [0.25, 0.3) is 0 Å². The van der Waals surface area contributed by atoms with Crippen molar-refractivity contribution in [2.75, 3.05) is 13.2 Å². The first kappa shape index (κ1) is 25.9. The van der Waals surface area contributed by atoms with Crippen LogP contribution in [0.1, 0.15) is 116 Å². The lowest BCUT2D eigenvalue weighted by Crippen LogP contribution is -1.85. The van der Waals surface area contributed by atoms with Crippen LogP contribution in [-0.4, -0.2) is 23.4 Å². The number of hydrogen-bond acceptors (Lipinski definition) is 2. The molecule has 24 heavy (non-hydrogen) atoms. The molecule has 0 aliphatic rings. The number of unbranched alkanes of at least 4 members (excludes halogenated alkanes) is 16. The van der Waals surface area contributed by atoms with E-state index < -0.39 is 0 Å². The van der Waals surface area contributed by atoms with Gasteiger partial charge in [-0.2, -0.15) is 0 Å². The predicted octanol–water partition coefficient (Wildman–Crippen LogP) is 6.80. The lowest BCUT2D eigenvalue weighted by Gasteiger charge is -2.03. The Morgan fingerprint density at radius 2 is 0.833 bits per heavy atom. The van der Waals surface area contributed by atoms with Gasteiger partial charge in [0, 0.05) is 0 Å². The van der Waals surface area contributed by atoms with Gasteiger partial charge in [0.2, 0.25) is 0 Å². The third-order valence-corrected chi connectivity index (χ3v) is 4.36. The molecule has 146 valence electrons. The SMILES string of the molecule is C=CCCCCCCCCCCCCCCCCCC.OCCO. The van der Waals surface area contributed by atoms with Crippen LogP contribution in [0.4, 0.5) is 0 Å². The lowest BCUT2D eigenvalue weighted by molar-refractivity contribution is 0.186. The highest BCUT2D eigenvalue weighted by molar-refractivity contribution is 4.65. The molecule has 2 N–H and O–H groups in total. The van der Waals surface area contributed by atoms with Crippen molar-refractivity contribution in [2.24, 2.45) is 0 Å². The second-order valence-corrected chi connectivity index (χ2v) is 6.83. The summed E-state index contributed by atoms with van der Waals surface area (Å²) in [5, 5.41) is 15.2. The summed E-state index contributed by atoms with van der Waals surface area (Å²) >= 11 is 0. The lowest BCUT2D eigenvalue weighted by atomic mass is 10.0. The van der Waals surface area contributed by atoms with E-state index in [2.05, 4.69) is 13.5 Å². The van der Waals surface area contributed by atoms with Gasteiger partial charge in [-0.05, 0) is 12.8 Å². The Hall–Kier alpha value is -0.340. The molecule has 0 radical (unpaired) electrons. The van der Waals surface area contributed by atoms with Gasteiger partial charge in [-0.3, -0.25) is 0 Å². The van der Waals surface area contributed by atoms with Crippen LogP contribution in [0.5, 0.6) is 0 Å². The molecule has 0 unspecified atom stereocenters. The van der Waals surface area contributed by atoms with Gasteiger partial charge in [0.15, 0.2) is 0 Å². The summed E-state index contributed by atoms with van der Waals surface area (Å²) in [6, 6.07) is 0. The number of aliphatic hydroxyl groups excluding tert-OH is 2. The molecular weight excluding hydrogens is 296 g/mol. The maximum Gasteiger partial charge on any atom is 0.0662 e. The minimum atomic E-state index is -0.125. The third kappa shape index (κ3) is 29.6. The Kier molecular flexibility index (Phi) is 29.7. The number of rotatable bonds is 18. The van der Waals surface area contributed by atoms with E-state index in [0.29, 0.717) is 0 Å². The highest BCUT2D eigenvalue weighted by Gasteiger charge is 1.94. The molecule has 0 aromatic rings. The van der Waals surface area contributed by atoms with Gasteiger partial charge >= 0.3 is 0 Å². The van der Waals surface area contributed by atoms with Crippen LogP contribution >= 0.6 is 0 Å². The van der Waals surface area contributed by atoms with E-state index in [4.69, 9.17) is 10.2 Å². The second kappa shape index (κ2) is 27.5. The second-order valence-electron chi connectivity index (χ2n) is 6.83. The van der Waals surface area contributed by atoms with Crippen molar-refractivity contribution < 1.29 is 10.2 Å². The molecule has 0 saturated carbocycles. The molecule has 2 nitrogen and oxygen atoms in total. The van der Waals surface area contributed by atoms with Gasteiger partial charge in [-0.1, -0.05) is 109 Å². The highest BCUT2D eigenvalue weighted by Crippen LogP contribution is 2.13. The molecule has 0 aliphatic carbocycles. The Morgan fingerprint density at radius 1 is 0.542 bits per heavy atom. The molecule has 0 spiro atoms. The molecule has 0 amide bonds. The summed E-state index contributed by atoms with van der Waals surface area (Å²) in [6.45, 7) is 5.81. The first-order valence-electron chi connectivity index (χ1n) is 10.7. The molecular formula is C22H46O2. The number of hydrogen-bond donors (Lipinski definition) is 2. The van der Waals surface area contributed by atoms with Gasteiger partial charge in [0.1, 0.15) is 0 Å². The molecule has 0 atom stereocenters. The maximum absolute atomic E-state index is 7.62. The third-order valence-electron chi connectivity index (χ3n) is 4.36. The summed E-state index contributed by atoms with van der Waals surface area (Å²) in [4.78, 5) is 0. The molecule has 0 heterocycles. The van der Waals surface area contributed by atoms with Crippen molar-refractivity contribution in [3.05, 3.63) is 12.7 Å². The van der Waals surface area contributed by atoms with E-state index >= 15 is 0 Å². The van der Waals surface area contributed by atoms with Crippen molar-refractivity contribution in [2.45, 2.75) is 116 Å². The number of allylic oxidation sites excluding steroid dienone is 1. The Balaban J connectivity index is 0. The highest BCUT2D eigenvalue weighted by atomic mass is 16.3. The summed E-state index contributed by atoms with van der Waals surface area (Å²) < 4.78 is 0. The summed E-state index contributed by atoms with van der Waals surface area (Å²) in [7, 11) is 0. The van der Waals surface area contributed by atoms with Crippen molar-refractivity contribution in [1.82, 2.24) is 0 Å². The van der Waals surface area contributed by atoms with Crippen LogP contribution in [0.15, 0.2) is 12.7 Å². The van der Waals surface area contributed by atoms with Gasteiger partial charge in [0.25, 0.3) is 0 Å². The fourth-order valence-electron chi connectivity index (χ4n) is 2.84. The average molecular weight is 343 g/mol. The van der Waals surface area contributed by atoms with Gasteiger partial charge in [0.05, 0.1) is 13.2 Å². The van der Waals surface area contributed by atoms with Crippen LogP contribution in [0.2, 0.25) is 0 Å². The largest absolute Gasteiger partial charge is 0.394 e. The van der Waals surface area contributed by atoms with E-state index in [1.807, 2.05) is 6.08 Å². The summed E-state index contributed by atoms with van der Waals surface area (Å²) in [6.07, 6.45) is 26.4. The van der Waals surface area contributed by atoms with E-state index in [-0.39, 0.29) is 13.2 Å². The summed E-state index contributed by atoms with van der Waals surface area (Å²) in [5.41, 5.74) is 0. The zero-order valence-electron chi connectivity index (χ0n) is 16.6. The topological polar surface area (TPSA) is 40.5 Å². The van der Waals surface area contributed by atoms with Gasteiger partial charge in [-0.25, -0.2) is 0 Å². The monoisotopic (exact) mass is 342 g/mol. The van der Waals surface area contributed by atoms with Crippen LogP contribution in [0, 0.1) is 0 Å². The molecule has 2 heteroatoms. The van der Waals surface area contributed by atoms with Crippen molar-refractivity contribution in [1.29, 1.82) is 0 Å². The molecule has 0 aromatic carbocycles. The molecule has 0 aromatic heterocycles. The zero-order chi connectivity index (χ0) is 18.1. The molecule has 0 bridgehead atoms. The van der Waals surface area contributed by atoms with E-state index in [0.717, 1.165) is 0 Å². The van der Waals surface area contributed by atoms with Crippen LogP contribution in [0.3, 0.4) is 0 Å². The Labute approximate surface area is 152 Å². The molecule has 0 fully saturated rings. The smallest absolute Gasteiger partial charge is 0.0662 e. The van der Waals surface area contributed by atoms with E-state index in [1.165, 1.54) is 109 Å². The fraction of sp³-hybridized carbons (Fsp3) is 0.909. The minimum absolute atomic E-state index is 0.125. The maximum atomic E-state index is 7.62. The average Bonchev–Trinajstić information content (AvgIpc) is 2.61. The first-order chi connectivity index (χ1) is 11.8. The fourth-order valence-corrected chi connectivity index (χ4v) is 2.84. The van der Waals surface area contributed by atoms with Crippen LogP contribution in [-0.2, 0) is 0 Å². The molecule has 0 rings (SSSR count). The van der Waals surface area contributed by atoms with Gasteiger partial charge < -0.3 is 10.2 Å². The minimum Gasteiger partial charge on any atom is -0.394 e. The van der Waals surface area contributed by atoms with Crippen molar-refractivity contribution in [3.63, 3.8) is 0 Å². The normalized spacial score (nSPS) is 10.3. The first-order valence-corrected chi connectivity index (χ1v) is 10.7. The van der Waals surface area contributed by atoms with Crippen LogP contribution < -0.4 is 0 Å².